The number of aliphatic imine (C=N–C) groups is 1. The van der Waals surface area contributed by atoms with Gasteiger partial charge >= 0.3 is 0 Å². The van der Waals surface area contributed by atoms with E-state index in [1.54, 1.807) is 7.11 Å². The molecule has 0 spiro atoms. The number of nitrogens with one attached hydrogen (secondary N) is 2. The van der Waals surface area contributed by atoms with Gasteiger partial charge in [0.15, 0.2) is 5.96 Å². The molecule has 0 radical (unpaired) electrons. The fourth-order valence-corrected chi connectivity index (χ4v) is 4.35. The zero-order valence-electron chi connectivity index (χ0n) is 18.8. The quantitative estimate of drug-likeness (QED) is 0.244. The number of benzene rings is 1. The maximum Gasteiger partial charge on any atom is 0.191 e. The maximum absolute atomic E-state index is 5.81. The van der Waals surface area contributed by atoms with Crippen molar-refractivity contribution in [3.63, 3.8) is 0 Å². The molecule has 3 atom stereocenters. The van der Waals surface area contributed by atoms with E-state index in [9.17, 15) is 0 Å². The summed E-state index contributed by atoms with van der Waals surface area (Å²) < 4.78 is 11.3. The molecule has 0 aliphatic carbocycles. The van der Waals surface area contributed by atoms with Crippen LogP contribution in [0.25, 0.3) is 0 Å². The molecule has 2 heterocycles. The average Bonchev–Trinajstić information content (AvgIpc) is 3.18. The average molecular weight is 531 g/mol. The Morgan fingerprint density at radius 1 is 1.20 bits per heavy atom. The summed E-state index contributed by atoms with van der Waals surface area (Å²) in [6.45, 7) is 10.3. The second-order valence-corrected chi connectivity index (χ2v) is 8.12. The maximum atomic E-state index is 5.81. The van der Waals surface area contributed by atoms with E-state index < -0.39 is 0 Å². The number of hydrogen-bond acceptors (Lipinski definition) is 5. The van der Waals surface area contributed by atoms with Gasteiger partial charge in [0.05, 0.1) is 25.0 Å². The van der Waals surface area contributed by atoms with E-state index in [4.69, 9.17) is 9.47 Å². The molecular weight excluding hydrogens is 493 g/mol. The van der Waals surface area contributed by atoms with Gasteiger partial charge in [-0.25, -0.2) is 0 Å². The second kappa shape index (κ2) is 12.6. The van der Waals surface area contributed by atoms with Gasteiger partial charge in [-0.1, -0.05) is 12.1 Å². The van der Waals surface area contributed by atoms with E-state index in [1.807, 2.05) is 19.2 Å². The van der Waals surface area contributed by atoms with Crippen LogP contribution in [0, 0.1) is 0 Å². The topological polar surface area (TPSA) is 61.4 Å². The van der Waals surface area contributed by atoms with Crippen molar-refractivity contribution < 1.29 is 9.47 Å². The summed E-state index contributed by atoms with van der Waals surface area (Å²) in [4.78, 5) is 9.29. The molecular formula is C22H38IN5O2. The monoisotopic (exact) mass is 531 g/mol. The summed E-state index contributed by atoms with van der Waals surface area (Å²) in [5.74, 6) is 1.82. The minimum absolute atomic E-state index is 0. The Morgan fingerprint density at radius 3 is 2.63 bits per heavy atom. The van der Waals surface area contributed by atoms with Crippen molar-refractivity contribution in [2.45, 2.75) is 44.9 Å². The summed E-state index contributed by atoms with van der Waals surface area (Å²) in [7, 11) is 3.57. The number of guanidine groups is 1. The highest BCUT2D eigenvalue weighted by atomic mass is 127. The molecule has 30 heavy (non-hydrogen) atoms. The molecule has 1 aromatic rings. The number of anilines is 1. The first-order valence-electron chi connectivity index (χ1n) is 10.8. The van der Waals surface area contributed by atoms with Crippen LogP contribution in [-0.2, 0) is 4.74 Å². The van der Waals surface area contributed by atoms with Gasteiger partial charge in [-0.2, -0.15) is 0 Å². The Labute approximate surface area is 198 Å². The lowest BCUT2D eigenvalue weighted by Crippen LogP contribution is -2.47. The minimum atomic E-state index is 0. The standard InChI is InChI=1S/C22H37N5O2.HI/c1-17-14-26(15-18(2)29-17)12-7-11-24-22(23-3)25-19-10-13-27(16-19)20-8-5-6-9-21(20)28-4;/h5-6,8-9,17-19H,7,10-16H2,1-4H3,(H2,23,24,25);1H. The highest BCUT2D eigenvalue weighted by Gasteiger charge is 2.25. The van der Waals surface area contributed by atoms with Gasteiger partial charge in [0.2, 0.25) is 0 Å². The van der Waals surface area contributed by atoms with Gasteiger partial charge in [-0.05, 0) is 38.8 Å². The van der Waals surface area contributed by atoms with Crippen LogP contribution in [0.2, 0.25) is 0 Å². The van der Waals surface area contributed by atoms with E-state index in [-0.39, 0.29) is 24.0 Å². The molecule has 1 aromatic carbocycles. The number of para-hydroxylation sites is 2. The number of hydrogen-bond donors (Lipinski definition) is 2. The Hall–Kier alpha value is -1.26. The molecule has 2 aliphatic heterocycles. The Kier molecular flexibility index (Phi) is 10.5. The highest BCUT2D eigenvalue weighted by Crippen LogP contribution is 2.30. The fraction of sp³-hybridized carbons (Fsp3) is 0.682. The third-order valence-corrected chi connectivity index (χ3v) is 5.62. The number of halogens is 1. The second-order valence-electron chi connectivity index (χ2n) is 8.12. The lowest BCUT2D eigenvalue weighted by molar-refractivity contribution is -0.0679. The van der Waals surface area contributed by atoms with Crippen molar-refractivity contribution in [3.05, 3.63) is 24.3 Å². The van der Waals surface area contributed by atoms with Crippen molar-refractivity contribution in [2.75, 3.05) is 58.3 Å². The zero-order valence-corrected chi connectivity index (χ0v) is 21.1. The number of ether oxygens (including phenoxy) is 2. The highest BCUT2D eigenvalue weighted by molar-refractivity contribution is 14.0. The zero-order chi connectivity index (χ0) is 20.6. The molecule has 3 rings (SSSR count). The van der Waals surface area contributed by atoms with Crippen LogP contribution >= 0.6 is 24.0 Å². The number of morpholine rings is 1. The van der Waals surface area contributed by atoms with Crippen LogP contribution in [0.1, 0.15) is 26.7 Å². The summed E-state index contributed by atoms with van der Waals surface area (Å²) in [5, 5.41) is 7.05. The van der Waals surface area contributed by atoms with E-state index in [1.165, 1.54) is 0 Å². The van der Waals surface area contributed by atoms with Gasteiger partial charge in [0, 0.05) is 52.4 Å². The van der Waals surface area contributed by atoms with Crippen molar-refractivity contribution in [3.8, 4) is 5.75 Å². The molecule has 2 N–H and O–H groups in total. The molecule has 8 heteroatoms. The van der Waals surface area contributed by atoms with Crippen LogP contribution in [-0.4, -0.2) is 82.5 Å². The van der Waals surface area contributed by atoms with E-state index >= 15 is 0 Å². The summed E-state index contributed by atoms with van der Waals surface area (Å²) in [5.41, 5.74) is 1.16. The largest absolute Gasteiger partial charge is 0.495 e. The van der Waals surface area contributed by atoms with Crippen molar-refractivity contribution in [1.29, 1.82) is 0 Å². The van der Waals surface area contributed by atoms with Gasteiger partial charge in [-0.15, -0.1) is 24.0 Å². The normalized spacial score (nSPS) is 25.0. The van der Waals surface area contributed by atoms with Crippen molar-refractivity contribution in [1.82, 2.24) is 15.5 Å². The molecule has 0 saturated carbocycles. The van der Waals surface area contributed by atoms with Crippen molar-refractivity contribution in [2.24, 2.45) is 4.99 Å². The van der Waals surface area contributed by atoms with E-state index in [2.05, 4.69) is 51.4 Å². The number of rotatable bonds is 7. The molecule has 170 valence electrons. The van der Waals surface area contributed by atoms with Crippen molar-refractivity contribution >= 4 is 35.6 Å². The molecule has 2 saturated heterocycles. The summed E-state index contributed by atoms with van der Waals surface area (Å²) in [6, 6.07) is 8.61. The van der Waals surface area contributed by atoms with Crippen LogP contribution in [0.15, 0.2) is 29.3 Å². The molecule has 0 amide bonds. The van der Waals surface area contributed by atoms with Gasteiger partial charge in [-0.3, -0.25) is 9.89 Å². The van der Waals surface area contributed by atoms with Crippen LogP contribution in [0.4, 0.5) is 5.69 Å². The molecule has 0 aromatic heterocycles. The SMILES string of the molecule is CN=C(NCCCN1CC(C)OC(C)C1)NC1CCN(c2ccccc2OC)C1.I. The fourth-order valence-electron chi connectivity index (χ4n) is 4.35. The molecule has 2 aliphatic rings. The molecule has 2 fully saturated rings. The van der Waals surface area contributed by atoms with Crippen LogP contribution in [0.5, 0.6) is 5.75 Å². The van der Waals surface area contributed by atoms with Crippen LogP contribution < -0.4 is 20.3 Å². The third kappa shape index (κ3) is 7.16. The summed E-state index contributed by atoms with van der Waals surface area (Å²) >= 11 is 0. The first-order chi connectivity index (χ1) is 14.1. The lowest BCUT2D eigenvalue weighted by atomic mass is 10.2. The third-order valence-electron chi connectivity index (χ3n) is 5.62. The predicted octanol–water partition coefficient (Wildman–Crippen LogP) is 2.56. The first-order valence-corrected chi connectivity index (χ1v) is 10.8. The van der Waals surface area contributed by atoms with E-state index in [0.29, 0.717) is 18.2 Å². The Balaban J connectivity index is 0.00000320. The summed E-state index contributed by atoms with van der Waals surface area (Å²) in [6.07, 6.45) is 2.84. The van der Waals surface area contributed by atoms with Crippen LogP contribution in [0.3, 0.4) is 0 Å². The number of methoxy groups -OCH3 is 1. The first kappa shape index (κ1) is 25.0. The Bertz CT molecular complexity index is 665. The van der Waals surface area contributed by atoms with Gasteiger partial charge in [0.25, 0.3) is 0 Å². The number of nitrogens with zero attached hydrogens (tertiary/aromatic N) is 3. The Morgan fingerprint density at radius 2 is 1.93 bits per heavy atom. The van der Waals surface area contributed by atoms with E-state index in [0.717, 1.165) is 69.5 Å². The molecule has 7 nitrogen and oxygen atoms in total. The molecule has 3 unspecified atom stereocenters. The smallest absolute Gasteiger partial charge is 0.191 e. The van der Waals surface area contributed by atoms with Gasteiger partial charge in [0.1, 0.15) is 5.75 Å². The molecule has 0 bridgehead atoms. The lowest BCUT2D eigenvalue weighted by Gasteiger charge is -2.35. The van der Waals surface area contributed by atoms with Gasteiger partial charge < -0.3 is 25.0 Å². The predicted molar refractivity (Wildman–Crippen MR) is 135 cm³/mol. The minimum Gasteiger partial charge on any atom is -0.495 e.